The minimum Gasteiger partial charge on any atom is -0.481 e. The molecule has 1 heterocycles. The summed E-state index contributed by atoms with van der Waals surface area (Å²) in [5.74, 6) is 0.579. The first-order valence-electron chi connectivity index (χ1n) is 6.81. The highest BCUT2D eigenvalue weighted by Crippen LogP contribution is 2.17. The van der Waals surface area contributed by atoms with Gasteiger partial charge in [0.25, 0.3) is 0 Å². The number of methoxy groups -OCH3 is 1. The van der Waals surface area contributed by atoms with Crippen LogP contribution in [0.25, 0.3) is 0 Å². The first-order valence-corrected chi connectivity index (χ1v) is 6.81. The van der Waals surface area contributed by atoms with Crippen molar-refractivity contribution in [1.29, 1.82) is 0 Å². The number of carbonyl (C=O) groups excluding carboxylic acids is 1. The molecular weight excluding hydrogens is 242 g/mol. The van der Waals surface area contributed by atoms with E-state index in [1.165, 1.54) is 19.3 Å². The highest BCUT2D eigenvalue weighted by molar-refractivity contribution is 5.74. The lowest BCUT2D eigenvalue weighted by Crippen LogP contribution is -2.42. The van der Waals surface area contributed by atoms with Crippen LogP contribution in [0.4, 0.5) is 4.79 Å². The molecular formula is C14H21N3O2. The highest BCUT2D eigenvalue weighted by Gasteiger charge is 2.15. The van der Waals surface area contributed by atoms with Gasteiger partial charge in [0.15, 0.2) is 0 Å². The van der Waals surface area contributed by atoms with Crippen molar-refractivity contribution in [3.05, 3.63) is 23.9 Å². The number of hydrogen-bond donors (Lipinski definition) is 2. The van der Waals surface area contributed by atoms with Gasteiger partial charge >= 0.3 is 6.03 Å². The van der Waals surface area contributed by atoms with Crippen LogP contribution in [0.2, 0.25) is 0 Å². The molecule has 0 aromatic carbocycles. The summed E-state index contributed by atoms with van der Waals surface area (Å²) in [4.78, 5) is 15.8. The van der Waals surface area contributed by atoms with E-state index in [2.05, 4.69) is 15.6 Å². The molecule has 0 bridgehead atoms. The number of carbonyl (C=O) groups is 1. The number of urea groups is 1. The Kier molecular flexibility index (Phi) is 5.01. The van der Waals surface area contributed by atoms with Crippen molar-refractivity contribution in [2.45, 2.75) is 44.7 Å². The zero-order valence-electron chi connectivity index (χ0n) is 11.3. The molecule has 2 rings (SSSR count). The lowest BCUT2D eigenvalue weighted by Gasteiger charge is -2.22. The molecule has 0 radical (unpaired) electrons. The predicted molar refractivity (Wildman–Crippen MR) is 73.0 cm³/mol. The van der Waals surface area contributed by atoms with Gasteiger partial charge in [-0.25, -0.2) is 9.78 Å². The molecule has 0 atom stereocenters. The summed E-state index contributed by atoms with van der Waals surface area (Å²) in [5, 5.41) is 5.87. The molecule has 1 fully saturated rings. The van der Waals surface area contributed by atoms with E-state index in [1.54, 1.807) is 19.4 Å². The molecule has 0 unspecified atom stereocenters. The van der Waals surface area contributed by atoms with E-state index in [9.17, 15) is 4.79 Å². The average Bonchev–Trinajstić information content (AvgIpc) is 2.47. The minimum atomic E-state index is -0.0947. The van der Waals surface area contributed by atoms with Gasteiger partial charge in [0, 0.05) is 24.8 Å². The maximum absolute atomic E-state index is 11.7. The summed E-state index contributed by atoms with van der Waals surface area (Å²) < 4.78 is 4.98. The Morgan fingerprint density at radius 3 is 2.79 bits per heavy atom. The Labute approximate surface area is 113 Å². The predicted octanol–water partition coefficient (Wildman–Crippen LogP) is 2.22. The molecule has 1 aromatic heterocycles. The number of rotatable bonds is 4. The molecule has 0 spiro atoms. The Hall–Kier alpha value is -1.78. The number of nitrogens with one attached hydrogen (secondary N) is 2. The lowest BCUT2D eigenvalue weighted by atomic mass is 9.96. The molecule has 5 heteroatoms. The molecule has 19 heavy (non-hydrogen) atoms. The molecule has 1 aromatic rings. The molecule has 0 saturated heterocycles. The second-order valence-electron chi connectivity index (χ2n) is 4.87. The summed E-state index contributed by atoms with van der Waals surface area (Å²) >= 11 is 0. The molecule has 0 aliphatic heterocycles. The van der Waals surface area contributed by atoms with Crippen LogP contribution in [0.15, 0.2) is 18.3 Å². The van der Waals surface area contributed by atoms with E-state index in [1.807, 2.05) is 6.07 Å². The fraction of sp³-hybridized carbons (Fsp3) is 0.571. The van der Waals surface area contributed by atoms with Gasteiger partial charge in [-0.15, -0.1) is 0 Å². The Bertz CT molecular complexity index is 400. The third-order valence-corrected chi connectivity index (χ3v) is 3.40. The summed E-state index contributed by atoms with van der Waals surface area (Å²) in [7, 11) is 1.58. The van der Waals surface area contributed by atoms with Gasteiger partial charge in [-0.2, -0.15) is 0 Å². The molecule has 2 N–H and O–H groups in total. The molecule has 1 aliphatic rings. The normalized spacial score (nSPS) is 15.8. The van der Waals surface area contributed by atoms with Crippen molar-refractivity contribution >= 4 is 6.03 Å². The number of nitrogens with zero attached hydrogens (tertiary/aromatic N) is 1. The van der Waals surface area contributed by atoms with Crippen LogP contribution in [0.5, 0.6) is 5.88 Å². The number of amides is 2. The summed E-state index contributed by atoms with van der Waals surface area (Å²) in [6, 6.07) is 3.92. The fourth-order valence-corrected chi connectivity index (χ4v) is 2.30. The van der Waals surface area contributed by atoms with Gasteiger partial charge in [0.1, 0.15) is 0 Å². The Balaban J connectivity index is 1.72. The van der Waals surface area contributed by atoms with E-state index in [0.29, 0.717) is 18.5 Å². The lowest BCUT2D eigenvalue weighted by molar-refractivity contribution is 0.232. The maximum atomic E-state index is 11.7. The summed E-state index contributed by atoms with van der Waals surface area (Å²) in [6.07, 6.45) is 7.62. The number of pyridine rings is 1. The van der Waals surface area contributed by atoms with Crippen LogP contribution in [0, 0.1) is 0 Å². The fourth-order valence-electron chi connectivity index (χ4n) is 2.30. The Morgan fingerprint density at radius 2 is 2.16 bits per heavy atom. The van der Waals surface area contributed by atoms with Gasteiger partial charge < -0.3 is 15.4 Å². The van der Waals surface area contributed by atoms with Crippen molar-refractivity contribution in [3.8, 4) is 5.88 Å². The minimum absolute atomic E-state index is 0.0947. The number of ether oxygens (including phenoxy) is 1. The second kappa shape index (κ2) is 6.97. The molecule has 1 aliphatic carbocycles. The van der Waals surface area contributed by atoms with Gasteiger partial charge in [0.05, 0.1) is 7.11 Å². The van der Waals surface area contributed by atoms with Crippen LogP contribution in [-0.2, 0) is 6.54 Å². The van der Waals surface area contributed by atoms with E-state index >= 15 is 0 Å². The standard InChI is InChI=1S/C14H21N3O2/c1-19-13-8-7-11(9-15-13)10-16-14(18)17-12-5-3-2-4-6-12/h7-9,12H,2-6,10H2,1H3,(H2,16,17,18). The zero-order chi connectivity index (χ0) is 13.5. The molecule has 1 saturated carbocycles. The van der Waals surface area contributed by atoms with Crippen molar-refractivity contribution in [1.82, 2.24) is 15.6 Å². The maximum Gasteiger partial charge on any atom is 0.315 e. The smallest absolute Gasteiger partial charge is 0.315 e. The van der Waals surface area contributed by atoms with Gasteiger partial charge in [0.2, 0.25) is 5.88 Å². The van der Waals surface area contributed by atoms with Crippen LogP contribution >= 0.6 is 0 Å². The van der Waals surface area contributed by atoms with E-state index < -0.39 is 0 Å². The average molecular weight is 263 g/mol. The summed E-state index contributed by atoms with van der Waals surface area (Å²) in [5.41, 5.74) is 0.958. The van der Waals surface area contributed by atoms with Crippen LogP contribution in [-0.4, -0.2) is 24.2 Å². The first kappa shape index (κ1) is 13.6. The van der Waals surface area contributed by atoms with Crippen molar-refractivity contribution in [2.75, 3.05) is 7.11 Å². The largest absolute Gasteiger partial charge is 0.481 e. The topological polar surface area (TPSA) is 63.2 Å². The second-order valence-corrected chi connectivity index (χ2v) is 4.87. The van der Waals surface area contributed by atoms with Gasteiger partial charge in [-0.3, -0.25) is 0 Å². The third kappa shape index (κ3) is 4.43. The van der Waals surface area contributed by atoms with Gasteiger partial charge in [-0.05, 0) is 18.4 Å². The first-order chi connectivity index (χ1) is 9.28. The monoisotopic (exact) mass is 263 g/mol. The SMILES string of the molecule is COc1ccc(CNC(=O)NC2CCCCC2)cn1. The van der Waals surface area contributed by atoms with Crippen LogP contribution in [0.1, 0.15) is 37.7 Å². The Morgan fingerprint density at radius 1 is 1.37 bits per heavy atom. The number of aromatic nitrogens is 1. The molecule has 5 nitrogen and oxygen atoms in total. The van der Waals surface area contributed by atoms with E-state index in [0.717, 1.165) is 18.4 Å². The van der Waals surface area contributed by atoms with Crippen molar-refractivity contribution in [2.24, 2.45) is 0 Å². The molecule has 2 amide bonds. The summed E-state index contributed by atoms with van der Waals surface area (Å²) in [6.45, 7) is 0.482. The number of hydrogen-bond acceptors (Lipinski definition) is 3. The van der Waals surface area contributed by atoms with E-state index in [4.69, 9.17) is 4.74 Å². The highest BCUT2D eigenvalue weighted by atomic mass is 16.5. The quantitative estimate of drug-likeness (QED) is 0.875. The van der Waals surface area contributed by atoms with Crippen molar-refractivity contribution < 1.29 is 9.53 Å². The van der Waals surface area contributed by atoms with Crippen LogP contribution < -0.4 is 15.4 Å². The van der Waals surface area contributed by atoms with Crippen LogP contribution in [0.3, 0.4) is 0 Å². The molecule has 104 valence electrons. The zero-order valence-corrected chi connectivity index (χ0v) is 11.3. The van der Waals surface area contributed by atoms with Gasteiger partial charge in [-0.1, -0.05) is 25.3 Å². The van der Waals surface area contributed by atoms with Crippen molar-refractivity contribution in [3.63, 3.8) is 0 Å². The third-order valence-electron chi connectivity index (χ3n) is 3.40. The van der Waals surface area contributed by atoms with E-state index in [-0.39, 0.29) is 6.03 Å².